The number of aromatic amines is 2. The normalized spacial score (nSPS) is 11.2. The van der Waals surface area contributed by atoms with Crippen LogP contribution in [0.2, 0.25) is 0 Å². The van der Waals surface area contributed by atoms with Crippen molar-refractivity contribution in [2.45, 2.75) is 6.92 Å². The van der Waals surface area contributed by atoms with Crippen molar-refractivity contribution in [1.29, 1.82) is 0 Å². The van der Waals surface area contributed by atoms with E-state index in [1.807, 2.05) is 54.1 Å². The molecule has 0 spiro atoms. The number of benzene rings is 2. The number of para-hydroxylation sites is 1. The zero-order valence-electron chi connectivity index (χ0n) is 17.6. The Balaban J connectivity index is 2.03. The van der Waals surface area contributed by atoms with Crippen LogP contribution < -0.4 is 15.0 Å². The number of hydrogen-bond acceptors (Lipinski definition) is 6. The number of methoxy groups -OCH3 is 2. The molecule has 0 amide bonds. The zero-order chi connectivity index (χ0) is 22.4. The number of pyridine rings is 1. The van der Waals surface area contributed by atoms with Gasteiger partial charge in [0.2, 0.25) is 4.77 Å². The molecule has 3 heterocycles. The number of aryl methyl sites for hydroxylation is 1. The first kappa shape index (κ1) is 20.0. The van der Waals surface area contributed by atoms with Crippen molar-refractivity contribution in [3.8, 4) is 28.3 Å². The standard InChI is InChI=1S/C23H19N5O3S/c1-12-17-18(15-11-14(30-2)9-10-16(15)31-3)19-20(25-23(32)26-22(19)29)24-21(17)28(27-12)13-7-5-4-6-8-13/h4-11,27H,1-3H3,(H,26,29,32). The highest BCUT2D eigenvalue weighted by Crippen LogP contribution is 2.41. The predicted molar refractivity (Wildman–Crippen MR) is 125 cm³/mol. The molecule has 0 bridgehead atoms. The monoisotopic (exact) mass is 445 g/mol. The molecule has 0 unspecified atom stereocenters. The van der Waals surface area contributed by atoms with Gasteiger partial charge in [-0.05, 0) is 49.5 Å². The molecule has 32 heavy (non-hydrogen) atoms. The first-order valence-corrected chi connectivity index (χ1v) is 10.3. The second kappa shape index (κ2) is 7.61. The molecule has 0 aliphatic heterocycles. The largest absolute Gasteiger partial charge is 0.497 e. The van der Waals surface area contributed by atoms with E-state index in [-0.39, 0.29) is 16.0 Å². The van der Waals surface area contributed by atoms with Gasteiger partial charge in [-0.25, -0.2) is 9.67 Å². The number of nitrogens with zero attached hydrogens (tertiary/aromatic N) is 3. The molecule has 0 aliphatic carbocycles. The Morgan fingerprint density at radius 1 is 1.00 bits per heavy atom. The van der Waals surface area contributed by atoms with E-state index < -0.39 is 0 Å². The van der Waals surface area contributed by atoms with Crippen LogP contribution in [0.3, 0.4) is 0 Å². The minimum atomic E-state index is -0.360. The van der Waals surface area contributed by atoms with Crippen LogP contribution in [0.25, 0.3) is 38.9 Å². The van der Waals surface area contributed by atoms with Gasteiger partial charge in [0, 0.05) is 22.2 Å². The summed E-state index contributed by atoms with van der Waals surface area (Å²) < 4.78 is 13.0. The summed E-state index contributed by atoms with van der Waals surface area (Å²) in [6, 6.07) is 15.2. The second-order valence-corrected chi connectivity index (χ2v) is 7.62. The van der Waals surface area contributed by atoms with E-state index in [1.54, 1.807) is 20.3 Å². The van der Waals surface area contributed by atoms with Crippen LogP contribution in [0.1, 0.15) is 5.69 Å². The summed E-state index contributed by atoms with van der Waals surface area (Å²) in [4.78, 5) is 24.8. The molecule has 0 radical (unpaired) electrons. The molecule has 0 fully saturated rings. The van der Waals surface area contributed by atoms with Gasteiger partial charge >= 0.3 is 0 Å². The third-order valence-corrected chi connectivity index (χ3v) is 5.56. The van der Waals surface area contributed by atoms with Crippen LogP contribution >= 0.6 is 12.2 Å². The van der Waals surface area contributed by atoms with Gasteiger partial charge in [-0.1, -0.05) is 18.2 Å². The third kappa shape index (κ3) is 3.05. The van der Waals surface area contributed by atoms with E-state index >= 15 is 0 Å². The molecule has 0 saturated carbocycles. The minimum absolute atomic E-state index is 0.0800. The molecule has 0 saturated heterocycles. The zero-order valence-corrected chi connectivity index (χ0v) is 18.4. The number of fused-ring (bicyclic) bond motifs is 2. The van der Waals surface area contributed by atoms with Gasteiger partial charge in [-0.15, -0.1) is 0 Å². The van der Waals surface area contributed by atoms with Crippen LogP contribution in [0, 0.1) is 11.7 Å². The Labute approximate surface area is 187 Å². The smallest absolute Gasteiger partial charge is 0.261 e. The van der Waals surface area contributed by atoms with E-state index in [0.717, 1.165) is 16.8 Å². The van der Waals surface area contributed by atoms with Crippen LogP contribution in [-0.2, 0) is 0 Å². The second-order valence-electron chi connectivity index (χ2n) is 7.23. The van der Waals surface area contributed by atoms with Gasteiger partial charge in [0.25, 0.3) is 5.56 Å². The van der Waals surface area contributed by atoms with E-state index in [0.29, 0.717) is 33.7 Å². The van der Waals surface area contributed by atoms with Crippen LogP contribution in [0.15, 0.2) is 53.3 Å². The van der Waals surface area contributed by atoms with Crippen molar-refractivity contribution in [2.75, 3.05) is 14.2 Å². The molecule has 5 aromatic rings. The Hall–Kier alpha value is -3.98. The van der Waals surface area contributed by atoms with Crippen molar-refractivity contribution in [2.24, 2.45) is 0 Å². The maximum absolute atomic E-state index is 13.1. The van der Waals surface area contributed by atoms with Gasteiger partial charge in [0.05, 0.1) is 25.3 Å². The average Bonchev–Trinajstić information content (AvgIpc) is 3.13. The van der Waals surface area contributed by atoms with Crippen molar-refractivity contribution in [3.63, 3.8) is 0 Å². The molecular formula is C23H19N5O3S. The summed E-state index contributed by atoms with van der Waals surface area (Å²) in [7, 11) is 3.18. The number of hydrogen-bond donors (Lipinski definition) is 2. The molecule has 3 aromatic heterocycles. The Kier molecular flexibility index (Phi) is 4.75. The van der Waals surface area contributed by atoms with Crippen molar-refractivity contribution < 1.29 is 9.47 Å². The highest BCUT2D eigenvalue weighted by Gasteiger charge is 2.23. The fourth-order valence-corrected chi connectivity index (χ4v) is 4.16. The van der Waals surface area contributed by atoms with Crippen LogP contribution in [0.5, 0.6) is 11.5 Å². The van der Waals surface area contributed by atoms with Gasteiger partial charge in [0.1, 0.15) is 11.5 Å². The van der Waals surface area contributed by atoms with E-state index in [9.17, 15) is 4.79 Å². The predicted octanol–water partition coefficient (Wildman–Crippen LogP) is 4.31. The number of H-pyrrole nitrogens is 2. The molecule has 5 rings (SSSR count). The highest BCUT2D eigenvalue weighted by atomic mass is 32.1. The summed E-state index contributed by atoms with van der Waals surface area (Å²) in [6.45, 7) is 1.94. The average molecular weight is 446 g/mol. The Bertz CT molecular complexity index is 1600. The lowest BCUT2D eigenvalue weighted by molar-refractivity contribution is 0.404. The molecule has 9 heteroatoms. The molecule has 0 aliphatic rings. The lowest BCUT2D eigenvalue weighted by atomic mass is 9.97. The van der Waals surface area contributed by atoms with Crippen LogP contribution in [0.4, 0.5) is 0 Å². The van der Waals surface area contributed by atoms with E-state index in [4.69, 9.17) is 26.7 Å². The maximum Gasteiger partial charge on any atom is 0.261 e. The van der Waals surface area contributed by atoms with Gasteiger partial charge in [-0.3, -0.25) is 14.9 Å². The number of nitrogens with one attached hydrogen (secondary N) is 2. The summed E-state index contributed by atoms with van der Waals surface area (Å²) >= 11 is 5.16. The summed E-state index contributed by atoms with van der Waals surface area (Å²) in [6.07, 6.45) is 0. The summed E-state index contributed by atoms with van der Waals surface area (Å²) in [5, 5.41) is 4.48. The fourth-order valence-electron chi connectivity index (χ4n) is 3.98. The minimum Gasteiger partial charge on any atom is -0.497 e. The quantitative estimate of drug-likeness (QED) is 0.400. The Morgan fingerprint density at radius 2 is 1.78 bits per heavy atom. The molecule has 8 nitrogen and oxygen atoms in total. The molecule has 0 atom stereocenters. The van der Waals surface area contributed by atoms with Crippen molar-refractivity contribution in [3.05, 3.63) is 69.3 Å². The maximum atomic E-state index is 13.1. The first-order valence-electron chi connectivity index (χ1n) is 9.85. The van der Waals surface area contributed by atoms with E-state index in [1.165, 1.54) is 0 Å². The summed E-state index contributed by atoms with van der Waals surface area (Å²) in [5.41, 5.74) is 3.58. The Morgan fingerprint density at radius 3 is 2.50 bits per heavy atom. The molecular weight excluding hydrogens is 426 g/mol. The van der Waals surface area contributed by atoms with E-state index in [2.05, 4.69) is 15.1 Å². The SMILES string of the molecule is COc1ccc(OC)c(-c2c3c(C)[nH]n(-c4ccccc4)c3nc3nc(=S)[nH]c(=O)c23)c1. The van der Waals surface area contributed by atoms with Gasteiger partial charge in [0.15, 0.2) is 11.3 Å². The fraction of sp³-hybridized carbons (Fsp3) is 0.130. The molecule has 2 aromatic carbocycles. The number of ether oxygens (including phenoxy) is 2. The lowest BCUT2D eigenvalue weighted by Crippen LogP contribution is -2.11. The topological polar surface area (TPSA) is 97.8 Å². The highest BCUT2D eigenvalue weighted by molar-refractivity contribution is 7.71. The van der Waals surface area contributed by atoms with Gasteiger partial charge in [-0.2, -0.15) is 4.98 Å². The molecule has 2 N–H and O–H groups in total. The number of rotatable bonds is 4. The van der Waals surface area contributed by atoms with Crippen LogP contribution in [-0.4, -0.2) is 39.0 Å². The summed E-state index contributed by atoms with van der Waals surface area (Å²) in [5.74, 6) is 1.22. The molecule has 160 valence electrons. The third-order valence-electron chi connectivity index (χ3n) is 5.37. The van der Waals surface area contributed by atoms with Crippen molar-refractivity contribution in [1.82, 2.24) is 24.7 Å². The van der Waals surface area contributed by atoms with Crippen molar-refractivity contribution >= 4 is 34.3 Å². The first-order chi connectivity index (χ1) is 15.5. The number of aromatic nitrogens is 5. The lowest BCUT2D eigenvalue weighted by Gasteiger charge is -2.14. The van der Waals surface area contributed by atoms with Gasteiger partial charge < -0.3 is 9.47 Å².